The summed E-state index contributed by atoms with van der Waals surface area (Å²) in [6.07, 6.45) is 4.75. The van der Waals surface area contributed by atoms with Gasteiger partial charge in [-0.3, -0.25) is 9.89 Å². The molecule has 0 saturated heterocycles. The number of Topliss-reactive ketones (excluding diaryl/α,β-unsaturated/α-hetero) is 1. The van der Waals surface area contributed by atoms with E-state index in [0.29, 0.717) is 41.0 Å². The molecule has 0 unspecified atom stereocenters. The number of benzene rings is 1. The smallest absolute Gasteiger partial charge is 0.234 e. The first-order chi connectivity index (χ1) is 15.1. The summed E-state index contributed by atoms with van der Waals surface area (Å²) in [5, 5.41) is 14.1. The number of hydrogen-bond donors (Lipinski definition) is 3. The molecule has 1 aliphatic carbocycles. The van der Waals surface area contributed by atoms with Crippen LogP contribution >= 0.6 is 11.8 Å². The minimum Gasteiger partial charge on any atom is -0.354 e. The molecule has 0 spiro atoms. The Morgan fingerprint density at radius 3 is 2.61 bits per heavy atom. The lowest BCUT2D eigenvalue weighted by Crippen LogP contribution is -2.09. The summed E-state index contributed by atoms with van der Waals surface area (Å²) in [5.41, 5.74) is 2.00. The highest BCUT2D eigenvalue weighted by molar-refractivity contribution is 7.99. The van der Waals surface area contributed by atoms with Crippen LogP contribution in [0.25, 0.3) is 0 Å². The molecule has 2 heterocycles. The Balaban J connectivity index is 1.47. The second kappa shape index (κ2) is 9.91. The zero-order valence-electron chi connectivity index (χ0n) is 17.8. The lowest BCUT2D eigenvalue weighted by atomic mass is 10.1. The van der Waals surface area contributed by atoms with Gasteiger partial charge in [0.2, 0.25) is 11.9 Å². The van der Waals surface area contributed by atoms with Crippen LogP contribution in [-0.2, 0) is 11.2 Å². The van der Waals surface area contributed by atoms with Gasteiger partial charge in [-0.15, -0.1) is 0 Å². The van der Waals surface area contributed by atoms with Crippen molar-refractivity contribution in [1.29, 1.82) is 0 Å². The lowest BCUT2D eigenvalue weighted by molar-refractivity contribution is -0.119. The monoisotopic (exact) mass is 437 g/mol. The average molecular weight is 438 g/mol. The third-order valence-electron chi connectivity index (χ3n) is 4.92. The molecule has 162 valence electrons. The van der Waals surface area contributed by atoms with E-state index in [-0.39, 0.29) is 0 Å². The van der Waals surface area contributed by atoms with E-state index in [1.54, 1.807) is 0 Å². The third-order valence-corrected chi connectivity index (χ3v) is 5.79. The van der Waals surface area contributed by atoms with E-state index in [4.69, 9.17) is 0 Å². The number of aryl methyl sites for hydroxylation is 1. The first-order valence-corrected chi connectivity index (χ1v) is 11.5. The molecule has 0 radical (unpaired) electrons. The Morgan fingerprint density at radius 2 is 1.94 bits per heavy atom. The molecule has 3 aromatic rings. The predicted octanol–water partition coefficient (Wildman–Crippen LogP) is 4.53. The number of unbranched alkanes of at least 4 members (excludes halogenated alkanes) is 1. The molecule has 0 amide bonds. The standard InChI is InChI=1S/C22H27N7OS/c1-3-4-11-23-20-25-21(24-19-12-14(2)28-29-19)27-22(26-20)31-17-9-5-15(6-10-17)13-18(30)16-7-8-16/h5-6,9-10,12,16H,3-4,7-8,11,13H2,1-2H3,(H3,23,24,25,26,27,28,29). The highest BCUT2D eigenvalue weighted by Crippen LogP contribution is 2.31. The number of ketones is 1. The maximum absolute atomic E-state index is 12.0. The van der Waals surface area contributed by atoms with Gasteiger partial charge in [0, 0.05) is 35.5 Å². The van der Waals surface area contributed by atoms with Crippen LogP contribution in [0.1, 0.15) is 43.9 Å². The van der Waals surface area contributed by atoms with Crippen molar-refractivity contribution in [3.63, 3.8) is 0 Å². The largest absolute Gasteiger partial charge is 0.354 e. The van der Waals surface area contributed by atoms with Gasteiger partial charge >= 0.3 is 0 Å². The van der Waals surface area contributed by atoms with Crippen molar-refractivity contribution in [1.82, 2.24) is 25.1 Å². The van der Waals surface area contributed by atoms with Gasteiger partial charge in [-0.1, -0.05) is 25.5 Å². The third kappa shape index (κ3) is 6.27. The topological polar surface area (TPSA) is 108 Å². The maximum atomic E-state index is 12.0. The van der Waals surface area contributed by atoms with Crippen molar-refractivity contribution in [2.24, 2.45) is 5.92 Å². The zero-order valence-corrected chi connectivity index (χ0v) is 18.6. The van der Waals surface area contributed by atoms with E-state index in [1.165, 1.54) is 11.8 Å². The highest BCUT2D eigenvalue weighted by atomic mass is 32.2. The van der Waals surface area contributed by atoms with Gasteiger partial charge in [0.15, 0.2) is 11.0 Å². The molecule has 2 aromatic heterocycles. The average Bonchev–Trinajstić information content (AvgIpc) is 3.52. The molecule has 3 N–H and O–H groups in total. The predicted molar refractivity (Wildman–Crippen MR) is 122 cm³/mol. The maximum Gasteiger partial charge on any atom is 0.234 e. The molecule has 0 atom stereocenters. The minimum absolute atomic E-state index is 0.294. The Kier molecular flexibility index (Phi) is 6.81. The van der Waals surface area contributed by atoms with Crippen LogP contribution in [0.5, 0.6) is 0 Å². The molecule has 1 saturated carbocycles. The van der Waals surface area contributed by atoms with E-state index >= 15 is 0 Å². The summed E-state index contributed by atoms with van der Waals surface area (Å²) < 4.78 is 0. The van der Waals surface area contributed by atoms with Gasteiger partial charge in [-0.2, -0.15) is 20.1 Å². The zero-order chi connectivity index (χ0) is 21.6. The van der Waals surface area contributed by atoms with E-state index < -0.39 is 0 Å². The first kappa shape index (κ1) is 21.3. The molecule has 1 aliphatic rings. The molecule has 9 heteroatoms. The van der Waals surface area contributed by atoms with Crippen LogP contribution in [-0.4, -0.2) is 37.5 Å². The Hall–Kier alpha value is -2.94. The van der Waals surface area contributed by atoms with Gasteiger partial charge in [0.1, 0.15) is 5.78 Å². The van der Waals surface area contributed by atoms with Crippen LogP contribution in [0.4, 0.5) is 17.7 Å². The van der Waals surface area contributed by atoms with E-state index in [2.05, 4.69) is 42.7 Å². The van der Waals surface area contributed by atoms with Crippen LogP contribution in [0, 0.1) is 12.8 Å². The normalized spacial score (nSPS) is 13.2. The summed E-state index contributed by atoms with van der Waals surface area (Å²) in [6, 6.07) is 9.94. The fourth-order valence-corrected chi connectivity index (χ4v) is 3.79. The molecule has 0 bridgehead atoms. The second-order valence-electron chi connectivity index (χ2n) is 7.77. The van der Waals surface area contributed by atoms with E-state index in [1.807, 2.05) is 37.3 Å². The summed E-state index contributed by atoms with van der Waals surface area (Å²) in [7, 11) is 0. The summed E-state index contributed by atoms with van der Waals surface area (Å²) in [4.78, 5) is 26.6. The van der Waals surface area contributed by atoms with Crippen molar-refractivity contribution in [2.75, 3.05) is 17.2 Å². The molecule has 1 aromatic carbocycles. The lowest BCUT2D eigenvalue weighted by Gasteiger charge is -2.09. The van der Waals surface area contributed by atoms with Gasteiger partial charge in [0.25, 0.3) is 0 Å². The van der Waals surface area contributed by atoms with Crippen molar-refractivity contribution in [2.45, 2.75) is 56.0 Å². The summed E-state index contributed by atoms with van der Waals surface area (Å²) in [5.74, 6) is 2.28. The summed E-state index contributed by atoms with van der Waals surface area (Å²) >= 11 is 1.46. The number of carbonyl (C=O) groups is 1. The number of anilines is 3. The van der Waals surface area contributed by atoms with E-state index in [9.17, 15) is 4.79 Å². The quantitative estimate of drug-likeness (QED) is 0.375. The number of aromatic nitrogens is 5. The molecule has 1 fully saturated rings. The Labute approximate surface area is 186 Å². The number of rotatable bonds is 11. The highest BCUT2D eigenvalue weighted by Gasteiger charge is 2.29. The van der Waals surface area contributed by atoms with Gasteiger partial charge in [0.05, 0.1) is 0 Å². The number of hydrogen-bond acceptors (Lipinski definition) is 8. The van der Waals surface area contributed by atoms with Crippen molar-refractivity contribution in [3.05, 3.63) is 41.6 Å². The Morgan fingerprint density at radius 1 is 1.16 bits per heavy atom. The fraction of sp³-hybridized carbons (Fsp3) is 0.409. The van der Waals surface area contributed by atoms with Gasteiger partial charge in [-0.05, 0) is 55.6 Å². The SMILES string of the molecule is CCCCNc1nc(Nc2cc(C)[nH]n2)nc(Sc2ccc(CC(=O)C3CC3)cc2)n1. The van der Waals surface area contributed by atoms with Crippen LogP contribution in [0.2, 0.25) is 0 Å². The van der Waals surface area contributed by atoms with Crippen LogP contribution < -0.4 is 10.6 Å². The molecule has 31 heavy (non-hydrogen) atoms. The van der Waals surface area contributed by atoms with Crippen molar-refractivity contribution < 1.29 is 4.79 Å². The molecule has 4 rings (SSSR count). The van der Waals surface area contributed by atoms with Crippen LogP contribution in [0.3, 0.4) is 0 Å². The van der Waals surface area contributed by atoms with Gasteiger partial charge in [-0.25, -0.2) is 0 Å². The molecular weight excluding hydrogens is 410 g/mol. The molecular formula is C22H27N7OS. The van der Waals surface area contributed by atoms with Gasteiger partial charge < -0.3 is 10.6 Å². The minimum atomic E-state index is 0.294. The summed E-state index contributed by atoms with van der Waals surface area (Å²) in [6.45, 7) is 4.88. The Bertz CT molecular complexity index is 1030. The van der Waals surface area contributed by atoms with Crippen molar-refractivity contribution in [3.8, 4) is 0 Å². The molecule has 8 nitrogen and oxygen atoms in total. The number of nitrogens with zero attached hydrogens (tertiary/aromatic N) is 4. The fourth-order valence-electron chi connectivity index (χ4n) is 3.04. The number of aromatic amines is 1. The second-order valence-corrected chi connectivity index (χ2v) is 8.81. The number of nitrogens with one attached hydrogen (secondary N) is 3. The first-order valence-electron chi connectivity index (χ1n) is 10.7. The van der Waals surface area contributed by atoms with Crippen molar-refractivity contribution >= 4 is 35.3 Å². The van der Waals surface area contributed by atoms with E-state index in [0.717, 1.165) is 48.4 Å². The number of carbonyl (C=O) groups excluding carboxylic acids is 1. The number of H-pyrrole nitrogens is 1. The van der Waals surface area contributed by atoms with Crippen LogP contribution in [0.15, 0.2) is 40.4 Å². The molecule has 0 aliphatic heterocycles.